The molecule has 0 atom stereocenters. The molecule has 3 aromatic rings. The van der Waals surface area contributed by atoms with E-state index in [0.29, 0.717) is 25.3 Å². The van der Waals surface area contributed by atoms with Gasteiger partial charge in [0.15, 0.2) is 0 Å². The Morgan fingerprint density at radius 3 is 2.48 bits per heavy atom. The summed E-state index contributed by atoms with van der Waals surface area (Å²) in [5.74, 6) is -0.202. The molecule has 1 aromatic heterocycles. The summed E-state index contributed by atoms with van der Waals surface area (Å²) in [7, 11) is -2.27. The summed E-state index contributed by atoms with van der Waals surface area (Å²) in [5, 5.41) is 2.81. The Morgan fingerprint density at radius 1 is 1.09 bits per heavy atom. The number of hydrogen-bond donors (Lipinski definition) is 1. The molecule has 1 aliphatic heterocycles. The van der Waals surface area contributed by atoms with E-state index >= 15 is 0 Å². The van der Waals surface area contributed by atoms with E-state index in [0.717, 1.165) is 47.2 Å². The first-order valence-corrected chi connectivity index (χ1v) is 13.2. The third-order valence-electron chi connectivity index (χ3n) is 5.86. The highest BCUT2D eigenvalue weighted by Gasteiger charge is 2.27. The first-order valence-electron chi connectivity index (χ1n) is 11.0. The van der Waals surface area contributed by atoms with Crippen LogP contribution in [-0.2, 0) is 16.6 Å². The summed E-state index contributed by atoms with van der Waals surface area (Å²) in [6.07, 6.45) is 3.69. The summed E-state index contributed by atoms with van der Waals surface area (Å²) in [6.45, 7) is 3.44. The molecule has 0 bridgehead atoms. The van der Waals surface area contributed by atoms with E-state index in [4.69, 9.17) is 4.74 Å². The molecule has 8 nitrogen and oxygen atoms in total. The van der Waals surface area contributed by atoms with Gasteiger partial charge in [0, 0.05) is 25.3 Å². The van der Waals surface area contributed by atoms with Crippen molar-refractivity contribution in [2.75, 3.05) is 25.5 Å². The molecule has 10 heteroatoms. The predicted molar refractivity (Wildman–Crippen MR) is 130 cm³/mol. The average Bonchev–Trinajstić information content (AvgIpc) is 2.96. The zero-order valence-electron chi connectivity index (χ0n) is 18.7. The fourth-order valence-electron chi connectivity index (χ4n) is 4.10. The number of thiazole rings is 1. The third kappa shape index (κ3) is 4.68. The van der Waals surface area contributed by atoms with Crippen molar-refractivity contribution in [1.82, 2.24) is 8.87 Å². The van der Waals surface area contributed by atoms with Gasteiger partial charge in [0.2, 0.25) is 10.0 Å². The Labute approximate surface area is 196 Å². The highest BCUT2D eigenvalue weighted by Crippen LogP contribution is 2.28. The summed E-state index contributed by atoms with van der Waals surface area (Å²) < 4.78 is 35.7. The molecule has 1 aliphatic rings. The van der Waals surface area contributed by atoms with Crippen molar-refractivity contribution < 1.29 is 17.9 Å². The molecule has 1 N–H and O–H groups in total. The van der Waals surface area contributed by atoms with Crippen molar-refractivity contribution in [2.24, 2.45) is 0 Å². The number of fused-ring (bicyclic) bond motifs is 1. The highest BCUT2D eigenvalue weighted by atomic mass is 32.2. The molecule has 0 unspecified atom stereocenters. The largest absolute Gasteiger partial charge is 0.496 e. The van der Waals surface area contributed by atoms with Crippen LogP contribution in [0.2, 0.25) is 0 Å². The maximum absolute atomic E-state index is 13.2. The van der Waals surface area contributed by atoms with Gasteiger partial charge in [0.05, 0.1) is 27.8 Å². The lowest BCUT2D eigenvalue weighted by Crippen LogP contribution is -2.32. The number of nitrogens with zero attached hydrogens (tertiary/aromatic N) is 2. The Balaban J connectivity index is 1.64. The number of nitrogens with one attached hydrogen (secondary N) is 1. The molecule has 2 aromatic carbocycles. The van der Waals surface area contributed by atoms with Crippen LogP contribution in [0.4, 0.5) is 5.69 Å². The fraction of sp³-hybridized carbons (Fsp3) is 0.391. The van der Waals surface area contributed by atoms with Crippen LogP contribution in [0.25, 0.3) is 10.2 Å². The highest BCUT2D eigenvalue weighted by molar-refractivity contribution is 7.89. The van der Waals surface area contributed by atoms with E-state index in [-0.39, 0.29) is 21.1 Å². The number of benzene rings is 2. The van der Waals surface area contributed by atoms with Crippen LogP contribution >= 0.6 is 11.3 Å². The number of carbonyl (C=O) groups is 1. The molecular weight excluding hydrogens is 462 g/mol. The second-order valence-corrected chi connectivity index (χ2v) is 10.9. The summed E-state index contributed by atoms with van der Waals surface area (Å²) >= 11 is 1.12. The lowest BCUT2D eigenvalue weighted by atomic mass is 10.1. The minimum absolute atomic E-state index is 0.0518. The van der Waals surface area contributed by atoms with Gasteiger partial charge in [-0.2, -0.15) is 4.31 Å². The van der Waals surface area contributed by atoms with E-state index in [2.05, 4.69) is 5.32 Å². The number of anilines is 1. The van der Waals surface area contributed by atoms with Crippen LogP contribution in [0.3, 0.4) is 0 Å². The van der Waals surface area contributed by atoms with Gasteiger partial charge < -0.3 is 10.1 Å². The SMILES string of the molecule is CCn1c(=O)sc2cc(NC(=O)c3cc(S(=O)(=O)N4CCCCCC4)ccc3OC)ccc21. The number of hydrogen-bond acceptors (Lipinski definition) is 6. The number of ether oxygens (including phenoxy) is 1. The second kappa shape index (κ2) is 9.66. The van der Waals surface area contributed by atoms with Crippen molar-refractivity contribution in [2.45, 2.75) is 44.0 Å². The molecule has 0 aliphatic carbocycles. The van der Waals surface area contributed by atoms with Gasteiger partial charge in [-0.25, -0.2) is 8.42 Å². The first-order chi connectivity index (χ1) is 15.8. The topological polar surface area (TPSA) is 97.7 Å². The van der Waals surface area contributed by atoms with Crippen LogP contribution in [-0.4, -0.2) is 43.4 Å². The maximum Gasteiger partial charge on any atom is 0.308 e. The molecule has 0 saturated carbocycles. The van der Waals surface area contributed by atoms with Crippen molar-refractivity contribution in [1.29, 1.82) is 0 Å². The van der Waals surface area contributed by atoms with Gasteiger partial charge in [0.1, 0.15) is 5.75 Å². The van der Waals surface area contributed by atoms with Gasteiger partial charge in [-0.1, -0.05) is 24.2 Å². The summed E-state index contributed by atoms with van der Waals surface area (Å²) in [4.78, 5) is 25.2. The minimum atomic E-state index is -3.71. The monoisotopic (exact) mass is 489 g/mol. The lowest BCUT2D eigenvalue weighted by molar-refractivity contribution is 0.102. The molecule has 1 saturated heterocycles. The molecule has 4 rings (SSSR count). The summed E-state index contributed by atoms with van der Waals surface area (Å²) in [6, 6.07) is 9.63. The molecule has 176 valence electrons. The number of carbonyl (C=O) groups excluding carboxylic acids is 1. The molecule has 0 radical (unpaired) electrons. The second-order valence-electron chi connectivity index (χ2n) is 7.93. The van der Waals surface area contributed by atoms with E-state index in [1.807, 2.05) is 6.92 Å². The minimum Gasteiger partial charge on any atom is -0.496 e. The van der Waals surface area contributed by atoms with Crippen LogP contribution in [0, 0.1) is 0 Å². The Bertz CT molecular complexity index is 1340. The fourth-order valence-corrected chi connectivity index (χ4v) is 6.64. The Morgan fingerprint density at radius 2 is 1.82 bits per heavy atom. The Kier molecular flexibility index (Phi) is 6.87. The van der Waals surface area contributed by atoms with Gasteiger partial charge in [0.25, 0.3) is 5.91 Å². The smallest absolute Gasteiger partial charge is 0.308 e. The zero-order valence-corrected chi connectivity index (χ0v) is 20.3. The van der Waals surface area contributed by atoms with Gasteiger partial charge >= 0.3 is 4.87 Å². The quantitative estimate of drug-likeness (QED) is 0.566. The molecule has 0 spiro atoms. The maximum atomic E-state index is 13.2. The molecule has 1 amide bonds. The van der Waals surface area contributed by atoms with Gasteiger partial charge in [-0.15, -0.1) is 0 Å². The first kappa shape index (κ1) is 23.5. The molecular formula is C23H27N3O5S2. The number of methoxy groups -OCH3 is 1. The number of aryl methyl sites for hydroxylation is 1. The molecule has 2 heterocycles. The van der Waals surface area contributed by atoms with E-state index in [1.165, 1.54) is 29.6 Å². The van der Waals surface area contributed by atoms with Crippen molar-refractivity contribution in [3.63, 3.8) is 0 Å². The predicted octanol–water partition coefficient (Wildman–Crippen LogP) is 3.91. The number of aromatic nitrogens is 1. The van der Waals surface area contributed by atoms with Crippen LogP contribution in [0.1, 0.15) is 43.0 Å². The average molecular weight is 490 g/mol. The number of amides is 1. The molecule has 1 fully saturated rings. The van der Waals surface area contributed by atoms with Crippen molar-refractivity contribution in [3.8, 4) is 5.75 Å². The standard InChI is InChI=1S/C23H27N3O5S2/c1-3-26-19-10-8-16(14-21(19)32-23(26)28)24-22(27)18-15-17(9-11-20(18)31-2)33(29,30)25-12-6-4-5-7-13-25/h8-11,14-15H,3-7,12-13H2,1-2H3,(H,24,27). The number of rotatable bonds is 6. The van der Waals surface area contributed by atoms with Crippen LogP contribution in [0.5, 0.6) is 5.75 Å². The van der Waals surface area contributed by atoms with E-state index in [9.17, 15) is 18.0 Å². The normalized spacial score (nSPS) is 15.3. The van der Waals surface area contributed by atoms with E-state index in [1.54, 1.807) is 22.8 Å². The van der Waals surface area contributed by atoms with Gasteiger partial charge in [-0.05, 0) is 56.2 Å². The van der Waals surface area contributed by atoms with Crippen LogP contribution in [0.15, 0.2) is 46.1 Å². The van der Waals surface area contributed by atoms with E-state index < -0.39 is 15.9 Å². The summed E-state index contributed by atoms with van der Waals surface area (Å²) in [5.41, 5.74) is 1.46. The number of sulfonamides is 1. The van der Waals surface area contributed by atoms with Crippen molar-refractivity contribution in [3.05, 3.63) is 51.6 Å². The van der Waals surface area contributed by atoms with Gasteiger partial charge in [-0.3, -0.25) is 14.2 Å². The Hall–Kier alpha value is -2.69. The van der Waals surface area contributed by atoms with Crippen LogP contribution < -0.4 is 14.9 Å². The third-order valence-corrected chi connectivity index (χ3v) is 8.70. The molecule has 33 heavy (non-hydrogen) atoms. The zero-order chi connectivity index (χ0) is 23.6. The van der Waals surface area contributed by atoms with Crippen molar-refractivity contribution >= 4 is 43.2 Å². The lowest BCUT2D eigenvalue weighted by Gasteiger charge is -2.20.